The van der Waals surface area contributed by atoms with E-state index in [1.165, 1.54) is 7.11 Å². The standard InChI is InChI=1S/C12H14O5/c1-16-9-4-2-3-8-7(10(13)12(14)15)5-6-17-11(8)9/h2-4,7,10,13H,5-6H2,1H3,(H,14,15). The first-order valence-electron chi connectivity index (χ1n) is 5.35. The molecule has 0 fully saturated rings. The van der Waals surface area contributed by atoms with E-state index in [0.29, 0.717) is 30.1 Å². The van der Waals surface area contributed by atoms with Gasteiger partial charge in [0.25, 0.3) is 0 Å². The van der Waals surface area contributed by atoms with Gasteiger partial charge in [-0.1, -0.05) is 12.1 Å². The van der Waals surface area contributed by atoms with Gasteiger partial charge in [-0.25, -0.2) is 4.79 Å². The molecular formula is C12H14O5. The number of rotatable bonds is 3. The van der Waals surface area contributed by atoms with E-state index in [1.807, 2.05) is 0 Å². The van der Waals surface area contributed by atoms with Gasteiger partial charge in [-0.05, 0) is 12.5 Å². The Kier molecular flexibility index (Phi) is 3.19. The van der Waals surface area contributed by atoms with Gasteiger partial charge >= 0.3 is 5.97 Å². The lowest BCUT2D eigenvalue weighted by molar-refractivity contribution is -0.148. The lowest BCUT2D eigenvalue weighted by atomic mass is 9.88. The summed E-state index contributed by atoms with van der Waals surface area (Å²) in [5.41, 5.74) is 0.686. The molecule has 0 aromatic heterocycles. The van der Waals surface area contributed by atoms with Crippen LogP contribution in [0.25, 0.3) is 0 Å². The second-order valence-corrected chi connectivity index (χ2v) is 3.91. The molecule has 5 nitrogen and oxygen atoms in total. The number of fused-ring (bicyclic) bond motifs is 1. The van der Waals surface area contributed by atoms with Crippen LogP contribution >= 0.6 is 0 Å². The first-order valence-corrected chi connectivity index (χ1v) is 5.35. The number of ether oxygens (including phenoxy) is 2. The van der Waals surface area contributed by atoms with Gasteiger partial charge in [0.05, 0.1) is 13.7 Å². The molecule has 0 radical (unpaired) electrons. The number of aliphatic hydroxyl groups excluding tert-OH is 1. The zero-order valence-electron chi connectivity index (χ0n) is 9.42. The normalized spacial score (nSPS) is 20.0. The molecule has 1 aliphatic rings. The van der Waals surface area contributed by atoms with E-state index in [1.54, 1.807) is 18.2 Å². The van der Waals surface area contributed by atoms with E-state index >= 15 is 0 Å². The first kappa shape index (κ1) is 11.7. The van der Waals surface area contributed by atoms with Crippen LogP contribution in [0.1, 0.15) is 17.9 Å². The van der Waals surface area contributed by atoms with Crippen molar-refractivity contribution in [3.63, 3.8) is 0 Å². The van der Waals surface area contributed by atoms with Crippen LogP contribution in [-0.2, 0) is 4.79 Å². The lowest BCUT2D eigenvalue weighted by Crippen LogP contribution is -2.31. The second kappa shape index (κ2) is 4.63. The number of carbonyl (C=O) groups is 1. The fourth-order valence-electron chi connectivity index (χ4n) is 2.08. The van der Waals surface area contributed by atoms with Crippen LogP contribution in [0.5, 0.6) is 11.5 Å². The largest absolute Gasteiger partial charge is 0.493 e. The monoisotopic (exact) mass is 238 g/mol. The van der Waals surface area contributed by atoms with Crippen LogP contribution in [0.3, 0.4) is 0 Å². The fraction of sp³-hybridized carbons (Fsp3) is 0.417. The number of benzene rings is 1. The molecule has 92 valence electrons. The zero-order chi connectivity index (χ0) is 12.4. The van der Waals surface area contributed by atoms with Crippen LogP contribution in [0.15, 0.2) is 18.2 Å². The van der Waals surface area contributed by atoms with Crippen molar-refractivity contribution in [3.8, 4) is 11.5 Å². The van der Waals surface area contributed by atoms with Crippen molar-refractivity contribution in [1.82, 2.24) is 0 Å². The number of hydrogen-bond acceptors (Lipinski definition) is 4. The highest BCUT2D eigenvalue weighted by Gasteiger charge is 2.33. The summed E-state index contributed by atoms with van der Waals surface area (Å²) in [7, 11) is 1.52. The van der Waals surface area contributed by atoms with Crippen LogP contribution in [0, 0.1) is 0 Å². The van der Waals surface area contributed by atoms with E-state index < -0.39 is 18.0 Å². The number of aliphatic carboxylic acids is 1. The third-order valence-corrected chi connectivity index (χ3v) is 2.94. The Labute approximate surface area is 98.6 Å². The molecule has 2 rings (SSSR count). The number of aliphatic hydroxyl groups is 1. The van der Waals surface area contributed by atoms with Crippen molar-refractivity contribution < 1.29 is 24.5 Å². The molecule has 1 aliphatic heterocycles. The minimum Gasteiger partial charge on any atom is -0.493 e. The Morgan fingerprint density at radius 2 is 2.35 bits per heavy atom. The van der Waals surface area contributed by atoms with Gasteiger partial charge in [0.15, 0.2) is 17.6 Å². The highest BCUT2D eigenvalue weighted by Crippen LogP contribution is 2.41. The smallest absolute Gasteiger partial charge is 0.333 e. The Hall–Kier alpha value is -1.75. The summed E-state index contributed by atoms with van der Waals surface area (Å²) in [5.74, 6) is -0.576. The van der Waals surface area contributed by atoms with E-state index in [0.717, 1.165) is 0 Å². The molecule has 0 saturated heterocycles. The third-order valence-electron chi connectivity index (χ3n) is 2.94. The number of methoxy groups -OCH3 is 1. The van der Waals surface area contributed by atoms with Crippen molar-refractivity contribution in [2.45, 2.75) is 18.4 Å². The molecule has 1 aromatic carbocycles. The predicted molar refractivity (Wildman–Crippen MR) is 59.5 cm³/mol. The molecule has 1 aromatic rings. The SMILES string of the molecule is COc1cccc2c1OCCC2C(O)C(=O)O. The first-order chi connectivity index (χ1) is 8.15. The average molecular weight is 238 g/mol. The number of carboxylic acids is 1. The Balaban J connectivity index is 2.41. The molecular weight excluding hydrogens is 224 g/mol. The summed E-state index contributed by atoms with van der Waals surface area (Å²) < 4.78 is 10.6. The van der Waals surface area contributed by atoms with E-state index in [4.69, 9.17) is 14.6 Å². The van der Waals surface area contributed by atoms with Gasteiger partial charge in [-0.2, -0.15) is 0 Å². The highest BCUT2D eigenvalue weighted by molar-refractivity contribution is 5.74. The van der Waals surface area contributed by atoms with Gasteiger partial charge in [-0.15, -0.1) is 0 Å². The van der Waals surface area contributed by atoms with Gasteiger partial charge in [0.2, 0.25) is 0 Å². The maximum absolute atomic E-state index is 10.8. The maximum atomic E-state index is 10.8. The Morgan fingerprint density at radius 1 is 1.59 bits per heavy atom. The number of carboxylic acid groups (broad SMARTS) is 1. The van der Waals surface area contributed by atoms with Gasteiger partial charge in [0, 0.05) is 11.5 Å². The topological polar surface area (TPSA) is 76.0 Å². The molecule has 0 bridgehead atoms. The fourth-order valence-corrected chi connectivity index (χ4v) is 2.08. The van der Waals surface area contributed by atoms with E-state index in [2.05, 4.69) is 0 Å². The van der Waals surface area contributed by atoms with Crippen molar-refractivity contribution >= 4 is 5.97 Å². The molecule has 1 heterocycles. The number of hydrogen-bond donors (Lipinski definition) is 2. The van der Waals surface area contributed by atoms with Crippen LogP contribution in [-0.4, -0.2) is 36.0 Å². The molecule has 0 saturated carbocycles. The second-order valence-electron chi connectivity index (χ2n) is 3.91. The molecule has 2 N–H and O–H groups in total. The molecule has 2 unspecified atom stereocenters. The summed E-state index contributed by atoms with van der Waals surface area (Å²) in [4.78, 5) is 10.8. The lowest BCUT2D eigenvalue weighted by Gasteiger charge is -2.28. The molecule has 0 amide bonds. The Morgan fingerprint density at radius 3 is 3.00 bits per heavy atom. The minimum absolute atomic E-state index is 0.377. The zero-order valence-corrected chi connectivity index (χ0v) is 9.42. The van der Waals surface area contributed by atoms with Crippen molar-refractivity contribution in [1.29, 1.82) is 0 Å². The quantitative estimate of drug-likeness (QED) is 0.821. The highest BCUT2D eigenvalue weighted by atomic mass is 16.5. The van der Waals surface area contributed by atoms with E-state index in [-0.39, 0.29) is 0 Å². The predicted octanol–water partition coefficient (Wildman–Crippen LogP) is 1.01. The van der Waals surface area contributed by atoms with Crippen LogP contribution in [0.2, 0.25) is 0 Å². The molecule has 2 atom stereocenters. The average Bonchev–Trinajstić information content (AvgIpc) is 2.36. The van der Waals surface area contributed by atoms with Crippen LogP contribution < -0.4 is 9.47 Å². The third kappa shape index (κ3) is 2.06. The molecule has 0 spiro atoms. The molecule has 5 heteroatoms. The van der Waals surface area contributed by atoms with Gasteiger partial charge in [-0.3, -0.25) is 0 Å². The summed E-state index contributed by atoms with van der Waals surface area (Å²) in [6.07, 6.45) is -0.932. The maximum Gasteiger partial charge on any atom is 0.333 e. The van der Waals surface area contributed by atoms with E-state index in [9.17, 15) is 9.90 Å². The Bertz CT molecular complexity index is 429. The molecule has 17 heavy (non-hydrogen) atoms. The minimum atomic E-state index is -1.41. The summed E-state index contributed by atoms with van der Waals surface area (Å²) >= 11 is 0. The van der Waals surface area contributed by atoms with Crippen molar-refractivity contribution in [2.24, 2.45) is 0 Å². The summed E-state index contributed by atoms with van der Waals surface area (Å²) in [6.45, 7) is 0.377. The van der Waals surface area contributed by atoms with Gasteiger partial charge < -0.3 is 19.7 Å². The van der Waals surface area contributed by atoms with Gasteiger partial charge in [0.1, 0.15) is 0 Å². The molecule has 0 aliphatic carbocycles. The van der Waals surface area contributed by atoms with Crippen molar-refractivity contribution in [2.75, 3.05) is 13.7 Å². The van der Waals surface area contributed by atoms with Crippen molar-refractivity contribution in [3.05, 3.63) is 23.8 Å². The summed E-state index contributed by atoms with van der Waals surface area (Å²) in [5, 5.41) is 18.5. The van der Waals surface area contributed by atoms with Crippen LogP contribution in [0.4, 0.5) is 0 Å². The summed E-state index contributed by atoms with van der Waals surface area (Å²) in [6, 6.07) is 5.26. The number of para-hydroxylation sites is 1.